The fourth-order valence-electron chi connectivity index (χ4n) is 3.94. The Balaban J connectivity index is 1.72. The molecule has 6 atom stereocenters. The molecule has 7 nitrogen and oxygen atoms in total. The second kappa shape index (κ2) is 10.6. The summed E-state index contributed by atoms with van der Waals surface area (Å²) in [6.45, 7) is 3.51. The number of hydrogen-bond acceptors (Lipinski definition) is 6. The van der Waals surface area contributed by atoms with Gasteiger partial charge in [0.25, 0.3) is 0 Å². The molecular weight excluding hydrogens is 338 g/mol. The first-order chi connectivity index (χ1) is 12.4. The van der Waals surface area contributed by atoms with Crippen LogP contribution in [-0.4, -0.2) is 65.1 Å². The average Bonchev–Trinajstić information content (AvgIpc) is 2.65. The molecule has 1 saturated carbocycles. The van der Waals surface area contributed by atoms with E-state index in [2.05, 4.69) is 5.32 Å². The zero-order valence-corrected chi connectivity index (χ0v) is 16.0. The maximum atomic E-state index is 12.3. The summed E-state index contributed by atoms with van der Waals surface area (Å²) < 4.78 is 10.9. The van der Waals surface area contributed by atoms with Gasteiger partial charge in [-0.2, -0.15) is 0 Å². The highest BCUT2D eigenvalue weighted by molar-refractivity contribution is 5.80. The highest BCUT2D eigenvalue weighted by Crippen LogP contribution is 2.28. The van der Waals surface area contributed by atoms with Gasteiger partial charge < -0.3 is 30.1 Å². The maximum absolute atomic E-state index is 12.3. The molecule has 3 unspecified atom stereocenters. The van der Waals surface area contributed by atoms with Crippen molar-refractivity contribution in [2.45, 2.75) is 89.5 Å². The Labute approximate surface area is 156 Å². The van der Waals surface area contributed by atoms with Gasteiger partial charge in [0.15, 0.2) is 6.29 Å². The van der Waals surface area contributed by atoms with Crippen LogP contribution < -0.4 is 5.32 Å². The molecule has 1 heterocycles. The zero-order valence-electron chi connectivity index (χ0n) is 16.0. The molecule has 152 valence electrons. The number of carbonyl (C=O) groups is 1. The highest BCUT2D eigenvalue weighted by Gasteiger charge is 2.44. The Morgan fingerprint density at radius 3 is 2.62 bits per heavy atom. The molecule has 0 radical (unpaired) electrons. The lowest BCUT2D eigenvalue weighted by molar-refractivity contribution is -0.278. The van der Waals surface area contributed by atoms with Crippen LogP contribution in [0.4, 0.5) is 0 Å². The van der Waals surface area contributed by atoms with Crippen molar-refractivity contribution in [1.29, 1.82) is 0 Å². The lowest BCUT2D eigenvalue weighted by Crippen LogP contribution is -2.57. The van der Waals surface area contributed by atoms with Crippen LogP contribution in [0.15, 0.2) is 0 Å². The van der Waals surface area contributed by atoms with E-state index >= 15 is 0 Å². The normalized spacial score (nSPS) is 34.4. The molecule has 0 aromatic heterocycles. The van der Waals surface area contributed by atoms with Gasteiger partial charge in [-0.25, -0.2) is 0 Å². The summed E-state index contributed by atoms with van der Waals surface area (Å²) in [5, 5.41) is 32.3. The van der Waals surface area contributed by atoms with Crippen molar-refractivity contribution >= 4 is 5.91 Å². The lowest BCUT2D eigenvalue weighted by atomic mass is 9.86. The predicted octanol–water partition coefficient (Wildman–Crippen LogP) is 0.943. The van der Waals surface area contributed by atoms with Crippen molar-refractivity contribution in [2.75, 3.05) is 13.2 Å². The van der Waals surface area contributed by atoms with Crippen molar-refractivity contribution in [3.8, 4) is 0 Å². The second-order valence-corrected chi connectivity index (χ2v) is 7.78. The number of nitrogens with one attached hydrogen (secondary N) is 1. The van der Waals surface area contributed by atoms with Crippen LogP contribution in [-0.2, 0) is 14.3 Å². The summed E-state index contributed by atoms with van der Waals surface area (Å²) in [7, 11) is 0. The van der Waals surface area contributed by atoms with Crippen molar-refractivity contribution in [2.24, 2.45) is 11.8 Å². The number of carbonyl (C=O) groups excluding carboxylic acids is 1. The van der Waals surface area contributed by atoms with E-state index in [0.29, 0.717) is 6.54 Å². The van der Waals surface area contributed by atoms with Crippen LogP contribution in [0, 0.1) is 11.8 Å². The van der Waals surface area contributed by atoms with Gasteiger partial charge in [-0.05, 0) is 25.7 Å². The molecule has 1 aliphatic heterocycles. The molecular formula is C19H35NO6. The third-order valence-corrected chi connectivity index (χ3v) is 5.72. The van der Waals surface area contributed by atoms with Gasteiger partial charge in [-0.3, -0.25) is 4.79 Å². The fraction of sp³-hybridized carbons (Fsp3) is 0.947. The fourth-order valence-corrected chi connectivity index (χ4v) is 3.94. The maximum Gasteiger partial charge on any atom is 0.248 e. The van der Waals surface area contributed by atoms with Gasteiger partial charge in [-0.15, -0.1) is 0 Å². The topological polar surface area (TPSA) is 108 Å². The van der Waals surface area contributed by atoms with E-state index in [1.54, 1.807) is 13.8 Å². The Hall–Kier alpha value is -0.730. The van der Waals surface area contributed by atoms with Gasteiger partial charge in [0, 0.05) is 12.5 Å². The van der Waals surface area contributed by atoms with Gasteiger partial charge >= 0.3 is 0 Å². The molecule has 2 aliphatic rings. The Kier molecular flexibility index (Phi) is 8.76. The molecule has 0 aromatic carbocycles. The molecule has 4 N–H and O–H groups in total. The van der Waals surface area contributed by atoms with Gasteiger partial charge in [0.05, 0.1) is 12.7 Å². The average molecular weight is 373 g/mol. The first-order valence-corrected chi connectivity index (χ1v) is 9.99. The first-order valence-electron chi connectivity index (χ1n) is 9.99. The van der Waals surface area contributed by atoms with Crippen molar-refractivity contribution in [3.63, 3.8) is 0 Å². The van der Waals surface area contributed by atoms with Crippen LogP contribution in [0.1, 0.15) is 58.8 Å². The minimum atomic E-state index is -1.15. The number of amides is 1. The Morgan fingerprint density at radius 2 is 1.96 bits per heavy atom. The number of rotatable bonds is 8. The number of aliphatic hydroxyl groups is 3. The molecule has 1 aliphatic carbocycles. The summed E-state index contributed by atoms with van der Waals surface area (Å²) in [4.78, 5) is 12.3. The molecule has 7 heteroatoms. The van der Waals surface area contributed by atoms with Crippen molar-refractivity contribution in [3.05, 3.63) is 0 Å². The third kappa shape index (κ3) is 5.89. The van der Waals surface area contributed by atoms with Crippen LogP contribution in [0.25, 0.3) is 0 Å². The van der Waals surface area contributed by atoms with E-state index < -0.39 is 43.2 Å². The third-order valence-electron chi connectivity index (χ3n) is 5.72. The van der Waals surface area contributed by atoms with E-state index in [0.717, 1.165) is 18.8 Å². The van der Waals surface area contributed by atoms with Gasteiger partial charge in [0.2, 0.25) is 5.91 Å². The molecule has 0 bridgehead atoms. The minimum Gasteiger partial charge on any atom is -0.394 e. The van der Waals surface area contributed by atoms with Gasteiger partial charge in [0.1, 0.15) is 18.3 Å². The molecule has 26 heavy (non-hydrogen) atoms. The first kappa shape index (κ1) is 21.6. The minimum absolute atomic E-state index is 0.227. The standard InChI is InChI=1S/C19H35NO6/c1-12-17(16(22)15(11-21)26-19(12)24)25-13(2)18(23)20-10-6-9-14-7-4-3-5-8-14/h12-17,19,21-22,24H,3-11H2,1-2H3,(H,20,23)/t12-,13+,15?,16?,17+,19?/m0/s1. The Bertz CT molecular complexity index is 428. The summed E-state index contributed by atoms with van der Waals surface area (Å²) in [6, 6.07) is 0. The van der Waals surface area contributed by atoms with E-state index in [1.807, 2.05) is 0 Å². The van der Waals surface area contributed by atoms with E-state index in [1.165, 1.54) is 32.1 Å². The summed E-state index contributed by atoms with van der Waals surface area (Å²) in [5.41, 5.74) is 0. The quantitative estimate of drug-likeness (QED) is 0.472. The molecule has 2 fully saturated rings. The highest BCUT2D eigenvalue weighted by atomic mass is 16.6. The van der Waals surface area contributed by atoms with Crippen molar-refractivity contribution < 1.29 is 29.6 Å². The van der Waals surface area contributed by atoms with Gasteiger partial charge in [-0.1, -0.05) is 39.0 Å². The van der Waals surface area contributed by atoms with E-state index in [4.69, 9.17) is 9.47 Å². The molecule has 0 aromatic rings. The second-order valence-electron chi connectivity index (χ2n) is 7.78. The lowest BCUT2D eigenvalue weighted by Gasteiger charge is -2.41. The smallest absolute Gasteiger partial charge is 0.248 e. The number of aliphatic hydroxyl groups excluding tert-OH is 3. The molecule has 1 saturated heterocycles. The van der Waals surface area contributed by atoms with Crippen LogP contribution in [0.5, 0.6) is 0 Å². The zero-order chi connectivity index (χ0) is 19.1. The van der Waals surface area contributed by atoms with E-state index in [9.17, 15) is 20.1 Å². The molecule has 1 amide bonds. The van der Waals surface area contributed by atoms with Crippen molar-refractivity contribution in [1.82, 2.24) is 5.32 Å². The molecule has 0 spiro atoms. The summed E-state index contributed by atoms with van der Waals surface area (Å²) in [6.07, 6.45) is 4.04. The van der Waals surface area contributed by atoms with Crippen LogP contribution in [0.3, 0.4) is 0 Å². The monoisotopic (exact) mass is 373 g/mol. The molecule has 2 rings (SSSR count). The largest absolute Gasteiger partial charge is 0.394 e. The number of ether oxygens (including phenoxy) is 2. The predicted molar refractivity (Wildman–Crippen MR) is 96.3 cm³/mol. The number of hydrogen-bond donors (Lipinski definition) is 4. The van der Waals surface area contributed by atoms with E-state index in [-0.39, 0.29) is 5.91 Å². The van der Waals surface area contributed by atoms with Crippen LogP contribution >= 0.6 is 0 Å². The summed E-state index contributed by atoms with van der Waals surface area (Å²) in [5.74, 6) is 0.0633. The Morgan fingerprint density at radius 1 is 1.27 bits per heavy atom. The SMILES string of the molecule is C[C@@H]1C(O)OC(CO)C(O)[C@@H]1O[C@H](C)C(=O)NCCCC1CCCCC1. The van der Waals surface area contributed by atoms with Crippen LogP contribution in [0.2, 0.25) is 0 Å². The summed E-state index contributed by atoms with van der Waals surface area (Å²) >= 11 is 0.